The maximum atomic E-state index is 5.95. The van der Waals surface area contributed by atoms with Crippen LogP contribution in [0.4, 0.5) is 0 Å². The summed E-state index contributed by atoms with van der Waals surface area (Å²) in [4.78, 5) is 0. The number of fused-ring (bicyclic) bond motifs is 1. The minimum Gasteiger partial charge on any atom is -0.483 e. The molecule has 0 radical (unpaired) electrons. The van der Waals surface area contributed by atoms with E-state index in [0.717, 1.165) is 24.3 Å². The summed E-state index contributed by atoms with van der Waals surface area (Å²) in [5, 5.41) is 7.86. The monoisotopic (exact) mass is 274 g/mol. The van der Waals surface area contributed by atoms with E-state index < -0.39 is 0 Å². The van der Waals surface area contributed by atoms with Gasteiger partial charge >= 0.3 is 0 Å². The van der Waals surface area contributed by atoms with Gasteiger partial charge in [0.25, 0.3) is 5.89 Å². The fourth-order valence-electron chi connectivity index (χ4n) is 2.33. The van der Waals surface area contributed by atoms with Gasteiger partial charge in [0.05, 0.1) is 0 Å². The van der Waals surface area contributed by atoms with Crippen molar-refractivity contribution in [3.05, 3.63) is 35.5 Å². The van der Waals surface area contributed by atoms with Crippen LogP contribution < -0.4 is 9.47 Å². The van der Waals surface area contributed by atoms with E-state index in [0.29, 0.717) is 11.8 Å². The topological polar surface area (TPSA) is 57.4 Å². The smallest absolute Gasteiger partial charge is 0.253 e. The molecule has 1 aliphatic heterocycles. The first-order valence-corrected chi connectivity index (χ1v) is 6.82. The van der Waals surface area contributed by atoms with E-state index in [2.05, 4.69) is 30.1 Å². The average Bonchev–Trinajstić information content (AvgIpc) is 2.98. The Hall–Kier alpha value is -2.04. The number of benzene rings is 1. The largest absolute Gasteiger partial charge is 0.483 e. The van der Waals surface area contributed by atoms with Crippen molar-refractivity contribution in [1.82, 2.24) is 10.2 Å². The molecule has 0 saturated heterocycles. The number of aryl methyl sites for hydroxylation is 1. The highest BCUT2D eigenvalue weighted by molar-refractivity contribution is 5.50. The minimum atomic E-state index is -0.179. The lowest BCUT2D eigenvalue weighted by Gasteiger charge is -2.18. The van der Waals surface area contributed by atoms with Crippen molar-refractivity contribution in [3.63, 3.8) is 0 Å². The fraction of sp³-hybridized carbons (Fsp3) is 0.467. The van der Waals surface area contributed by atoms with Crippen molar-refractivity contribution >= 4 is 0 Å². The molecule has 0 N–H and O–H groups in total. The maximum absolute atomic E-state index is 5.95. The molecule has 0 atom stereocenters. The van der Waals surface area contributed by atoms with Crippen molar-refractivity contribution in [3.8, 4) is 11.5 Å². The van der Waals surface area contributed by atoms with Crippen LogP contribution in [0.15, 0.2) is 22.6 Å². The second-order valence-corrected chi connectivity index (χ2v) is 5.51. The molecule has 0 fully saturated rings. The molecule has 5 nitrogen and oxygen atoms in total. The average molecular weight is 274 g/mol. The Morgan fingerprint density at radius 3 is 2.80 bits per heavy atom. The van der Waals surface area contributed by atoms with Gasteiger partial charge in [-0.15, -0.1) is 10.2 Å². The lowest BCUT2D eigenvalue weighted by Crippen LogP contribution is -2.24. The van der Waals surface area contributed by atoms with E-state index >= 15 is 0 Å². The first-order valence-electron chi connectivity index (χ1n) is 6.82. The van der Waals surface area contributed by atoms with Crippen LogP contribution in [0, 0.1) is 0 Å². The van der Waals surface area contributed by atoms with Crippen LogP contribution in [0.1, 0.15) is 38.1 Å². The predicted octanol–water partition coefficient (Wildman–Crippen LogP) is 2.92. The summed E-state index contributed by atoms with van der Waals surface area (Å²) in [6.45, 7) is 6.37. The second kappa shape index (κ2) is 4.81. The number of ether oxygens (including phenoxy) is 2. The van der Waals surface area contributed by atoms with Crippen LogP contribution in [0.5, 0.6) is 11.5 Å². The third-order valence-corrected chi connectivity index (χ3v) is 3.22. The Balaban J connectivity index is 1.75. The third kappa shape index (κ3) is 2.48. The van der Waals surface area contributed by atoms with Crippen molar-refractivity contribution in [2.75, 3.05) is 0 Å². The van der Waals surface area contributed by atoms with Crippen LogP contribution >= 0.6 is 0 Å². The van der Waals surface area contributed by atoms with Gasteiger partial charge in [0.15, 0.2) is 18.1 Å². The number of hydrogen-bond acceptors (Lipinski definition) is 5. The van der Waals surface area contributed by atoms with Crippen molar-refractivity contribution in [1.29, 1.82) is 0 Å². The standard InChI is InChI=1S/C15H18N2O3/c1-4-12-16-17-13(19-12)9-18-11-7-5-6-10-8-15(2,3)20-14(10)11/h5-7H,4,8-9H2,1-3H3. The molecule has 2 aromatic rings. The summed E-state index contributed by atoms with van der Waals surface area (Å²) >= 11 is 0. The summed E-state index contributed by atoms with van der Waals surface area (Å²) in [5.41, 5.74) is 0.994. The van der Waals surface area contributed by atoms with Crippen LogP contribution in [-0.4, -0.2) is 15.8 Å². The van der Waals surface area contributed by atoms with Gasteiger partial charge < -0.3 is 13.9 Å². The number of aromatic nitrogens is 2. The van der Waals surface area contributed by atoms with Gasteiger partial charge in [-0.1, -0.05) is 19.1 Å². The van der Waals surface area contributed by atoms with Crippen LogP contribution in [0.25, 0.3) is 0 Å². The van der Waals surface area contributed by atoms with Gasteiger partial charge in [-0.3, -0.25) is 0 Å². The summed E-state index contributed by atoms with van der Waals surface area (Å²) < 4.78 is 17.1. The molecule has 3 rings (SSSR count). The molecule has 0 spiro atoms. The van der Waals surface area contributed by atoms with E-state index in [1.807, 2.05) is 19.1 Å². The summed E-state index contributed by atoms with van der Waals surface area (Å²) in [5.74, 6) is 2.66. The zero-order chi connectivity index (χ0) is 14.2. The van der Waals surface area contributed by atoms with Gasteiger partial charge in [0.1, 0.15) is 5.60 Å². The quantitative estimate of drug-likeness (QED) is 0.858. The molecule has 1 aliphatic rings. The lowest BCUT2D eigenvalue weighted by atomic mass is 10.0. The van der Waals surface area contributed by atoms with Crippen molar-refractivity contribution in [2.45, 2.75) is 45.8 Å². The Labute approximate surface area is 117 Å². The Bertz CT molecular complexity index is 619. The molecule has 0 saturated carbocycles. The first kappa shape index (κ1) is 13.0. The number of hydrogen-bond donors (Lipinski definition) is 0. The zero-order valence-electron chi connectivity index (χ0n) is 12.0. The number of para-hydroxylation sites is 1. The highest BCUT2D eigenvalue weighted by Gasteiger charge is 2.32. The maximum Gasteiger partial charge on any atom is 0.253 e. The van der Waals surface area contributed by atoms with Gasteiger partial charge in [-0.2, -0.15) is 0 Å². The normalized spacial score (nSPS) is 15.8. The van der Waals surface area contributed by atoms with E-state index in [1.54, 1.807) is 0 Å². The molecule has 5 heteroatoms. The van der Waals surface area contributed by atoms with E-state index in [1.165, 1.54) is 5.56 Å². The molecule has 20 heavy (non-hydrogen) atoms. The lowest BCUT2D eigenvalue weighted by molar-refractivity contribution is 0.130. The van der Waals surface area contributed by atoms with Gasteiger partial charge in [0, 0.05) is 18.4 Å². The summed E-state index contributed by atoms with van der Waals surface area (Å²) in [6, 6.07) is 5.94. The van der Waals surface area contributed by atoms with Crippen LogP contribution in [-0.2, 0) is 19.4 Å². The summed E-state index contributed by atoms with van der Waals surface area (Å²) in [6.07, 6.45) is 1.62. The Morgan fingerprint density at radius 1 is 1.25 bits per heavy atom. The zero-order valence-corrected chi connectivity index (χ0v) is 12.0. The Morgan fingerprint density at radius 2 is 2.05 bits per heavy atom. The van der Waals surface area contributed by atoms with Crippen molar-refractivity contribution < 1.29 is 13.9 Å². The van der Waals surface area contributed by atoms with E-state index in [-0.39, 0.29) is 12.2 Å². The van der Waals surface area contributed by atoms with E-state index in [4.69, 9.17) is 13.9 Å². The van der Waals surface area contributed by atoms with Gasteiger partial charge in [0.2, 0.25) is 5.89 Å². The first-order chi connectivity index (χ1) is 9.57. The van der Waals surface area contributed by atoms with Crippen LogP contribution in [0.2, 0.25) is 0 Å². The molecule has 106 valence electrons. The summed E-state index contributed by atoms with van der Waals surface area (Å²) in [7, 11) is 0. The Kier molecular flexibility index (Phi) is 3.12. The number of rotatable bonds is 4. The molecule has 0 unspecified atom stereocenters. The molecule has 1 aromatic heterocycles. The third-order valence-electron chi connectivity index (χ3n) is 3.22. The molecule has 0 amide bonds. The fourth-order valence-corrected chi connectivity index (χ4v) is 2.33. The predicted molar refractivity (Wildman–Crippen MR) is 72.9 cm³/mol. The molecule has 2 heterocycles. The highest BCUT2D eigenvalue weighted by Crippen LogP contribution is 2.41. The van der Waals surface area contributed by atoms with Gasteiger partial charge in [-0.05, 0) is 19.9 Å². The number of nitrogens with zero attached hydrogens (tertiary/aromatic N) is 2. The molecule has 0 bridgehead atoms. The molecule has 0 aliphatic carbocycles. The molecular formula is C15H18N2O3. The highest BCUT2D eigenvalue weighted by atomic mass is 16.5. The minimum absolute atomic E-state index is 0.179. The van der Waals surface area contributed by atoms with Crippen molar-refractivity contribution in [2.24, 2.45) is 0 Å². The second-order valence-electron chi connectivity index (χ2n) is 5.51. The van der Waals surface area contributed by atoms with Gasteiger partial charge in [-0.25, -0.2) is 0 Å². The SMILES string of the molecule is CCc1nnc(COc2cccc3c2OC(C)(C)C3)o1. The molecule has 1 aromatic carbocycles. The van der Waals surface area contributed by atoms with Crippen LogP contribution in [0.3, 0.4) is 0 Å². The van der Waals surface area contributed by atoms with E-state index in [9.17, 15) is 0 Å². The molecular weight excluding hydrogens is 256 g/mol.